The van der Waals surface area contributed by atoms with Crippen molar-refractivity contribution >= 4 is 17.2 Å². The summed E-state index contributed by atoms with van der Waals surface area (Å²) in [5, 5.41) is 4.42. The number of aromatic nitrogens is 1. The van der Waals surface area contributed by atoms with Crippen LogP contribution in [0.3, 0.4) is 0 Å². The van der Waals surface area contributed by atoms with E-state index in [0.717, 1.165) is 38.9 Å². The Balaban J connectivity index is 1.38. The van der Waals surface area contributed by atoms with Crippen LogP contribution in [0.15, 0.2) is 47.8 Å². The van der Waals surface area contributed by atoms with Gasteiger partial charge in [0.05, 0.1) is 5.71 Å². The number of nitrogens with zero attached hydrogens (tertiary/aromatic N) is 3. The van der Waals surface area contributed by atoms with E-state index in [0.29, 0.717) is 0 Å². The van der Waals surface area contributed by atoms with Crippen molar-refractivity contribution in [1.29, 1.82) is 0 Å². The predicted molar refractivity (Wildman–Crippen MR) is 92.6 cm³/mol. The lowest BCUT2D eigenvalue weighted by Gasteiger charge is -2.38. The molecule has 1 aromatic carbocycles. The Bertz CT molecular complexity index is 671. The average Bonchev–Trinajstić information content (AvgIpc) is 3.19. The lowest BCUT2D eigenvalue weighted by Crippen LogP contribution is -2.47. The molecule has 2 aromatic rings. The zero-order chi connectivity index (χ0) is 15.5. The summed E-state index contributed by atoms with van der Waals surface area (Å²) in [5.74, 6) is 0. The standard InChI is InChI=1S/C18H21N3OS/c1-2-5-15(6-3-1)11-16-12-18(22-20-16)8-4-10-21(14-18)13-17-7-9-19-23-17/h1-3,5-7,9H,4,8,10-14H2. The van der Waals surface area contributed by atoms with Crippen LogP contribution in [0.2, 0.25) is 0 Å². The maximum Gasteiger partial charge on any atom is 0.155 e. The van der Waals surface area contributed by atoms with Gasteiger partial charge in [-0.1, -0.05) is 35.5 Å². The molecule has 0 radical (unpaired) electrons. The van der Waals surface area contributed by atoms with Gasteiger partial charge < -0.3 is 4.84 Å². The highest BCUT2D eigenvalue weighted by molar-refractivity contribution is 7.05. The number of piperidine rings is 1. The van der Waals surface area contributed by atoms with Gasteiger partial charge in [-0.2, -0.15) is 0 Å². The van der Waals surface area contributed by atoms with Gasteiger partial charge in [-0.05, 0) is 42.5 Å². The van der Waals surface area contributed by atoms with Crippen molar-refractivity contribution in [2.45, 2.75) is 37.8 Å². The van der Waals surface area contributed by atoms with Crippen LogP contribution in [0.1, 0.15) is 29.7 Å². The second kappa shape index (κ2) is 6.42. The minimum absolute atomic E-state index is 0.104. The number of likely N-dealkylation sites (tertiary alicyclic amines) is 1. The molecule has 0 amide bonds. The van der Waals surface area contributed by atoms with Crippen LogP contribution < -0.4 is 0 Å². The Hall–Kier alpha value is -1.72. The molecule has 1 atom stereocenters. The first-order chi connectivity index (χ1) is 11.3. The van der Waals surface area contributed by atoms with E-state index in [1.165, 1.54) is 22.6 Å². The first-order valence-corrected chi connectivity index (χ1v) is 8.98. The fraction of sp³-hybridized carbons (Fsp3) is 0.444. The molecule has 120 valence electrons. The molecule has 4 nitrogen and oxygen atoms in total. The van der Waals surface area contributed by atoms with Gasteiger partial charge >= 0.3 is 0 Å². The Morgan fingerprint density at radius 2 is 2.13 bits per heavy atom. The summed E-state index contributed by atoms with van der Waals surface area (Å²) in [6.07, 6.45) is 6.02. The minimum Gasteiger partial charge on any atom is -0.387 e. The summed E-state index contributed by atoms with van der Waals surface area (Å²) >= 11 is 1.59. The van der Waals surface area contributed by atoms with Crippen molar-refractivity contribution in [1.82, 2.24) is 9.27 Å². The van der Waals surface area contributed by atoms with E-state index < -0.39 is 0 Å². The zero-order valence-electron chi connectivity index (χ0n) is 13.1. The largest absolute Gasteiger partial charge is 0.387 e. The van der Waals surface area contributed by atoms with Crippen LogP contribution in [0.4, 0.5) is 0 Å². The molecule has 0 N–H and O–H groups in total. The molecule has 1 aromatic heterocycles. The molecular formula is C18H21N3OS. The summed E-state index contributed by atoms with van der Waals surface area (Å²) in [7, 11) is 0. The number of rotatable bonds is 4. The van der Waals surface area contributed by atoms with Gasteiger partial charge in [-0.15, -0.1) is 0 Å². The first-order valence-electron chi connectivity index (χ1n) is 8.21. The third-order valence-electron chi connectivity index (χ3n) is 4.63. The number of oxime groups is 1. The SMILES string of the molecule is c1ccc(CC2=NOC3(CCCN(Cc4ccns4)C3)C2)cc1. The Labute approximate surface area is 140 Å². The van der Waals surface area contributed by atoms with E-state index in [1.807, 2.05) is 6.20 Å². The van der Waals surface area contributed by atoms with Gasteiger partial charge in [-0.3, -0.25) is 4.90 Å². The Kier molecular flexibility index (Phi) is 4.14. The summed E-state index contributed by atoms with van der Waals surface area (Å²) in [6, 6.07) is 12.6. The molecular weight excluding hydrogens is 306 g/mol. The van der Waals surface area contributed by atoms with Crippen LogP contribution in [0, 0.1) is 0 Å². The lowest BCUT2D eigenvalue weighted by molar-refractivity contribution is -0.0702. The van der Waals surface area contributed by atoms with E-state index in [2.05, 4.69) is 50.8 Å². The van der Waals surface area contributed by atoms with Crippen LogP contribution in [-0.2, 0) is 17.8 Å². The second-order valence-electron chi connectivity index (χ2n) is 6.56. The van der Waals surface area contributed by atoms with Crippen molar-refractivity contribution < 1.29 is 4.84 Å². The summed E-state index contributed by atoms with van der Waals surface area (Å²) < 4.78 is 4.20. The van der Waals surface area contributed by atoms with Gasteiger partial charge in [0, 0.05) is 37.0 Å². The van der Waals surface area contributed by atoms with E-state index >= 15 is 0 Å². The van der Waals surface area contributed by atoms with Crippen molar-refractivity contribution in [3.05, 3.63) is 53.0 Å². The normalized spacial score (nSPS) is 24.6. The molecule has 1 spiro atoms. The molecule has 1 saturated heterocycles. The molecule has 3 heterocycles. The van der Waals surface area contributed by atoms with E-state index in [9.17, 15) is 0 Å². The quantitative estimate of drug-likeness (QED) is 0.862. The molecule has 1 unspecified atom stereocenters. The Morgan fingerprint density at radius 1 is 1.22 bits per heavy atom. The van der Waals surface area contributed by atoms with E-state index in [1.54, 1.807) is 11.5 Å². The maximum absolute atomic E-state index is 5.95. The number of benzene rings is 1. The molecule has 23 heavy (non-hydrogen) atoms. The number of hydrogen-bond donors (Lipinski definition) is 0. The highest BCUT2D eigenvalue weighted by Gasteiger charge is 2.42. The highest BCUT2D eigenvalue weighted by atomic mass is 32.1. The molecule has 2 aliphatic heterocycles. The molecule has 0 aliphatic carbocycles. The van der Waals surface area contributed by atoms with Crippen LogP contribution in [0.25, 0.3) is 0 Å². The Morgan fingerprint density at radius 3 is 2.96 bits per heavy atom. The smallest absolute Gasteiger partial charge is 0.155 e. The van der Waals surface area contributed by atoms with Gasteiger partial charge in [0.2, 0.25) is 0 Å². The zero-order valence-corrected chi connectivity index (χ0v) is 14.0. The van der Waals surface area contributed by atoms with Gasteiger partial charge in [0.15, 0.2) is 5.60 Å². The molecule has 0 bridgehead atoms. The first kappa shape index (κ1) is 14.8. The van der Waals surface area contributed by atoms with Crippen molar-refractivity contribution in [2.75, 3.05) is 13.1 Å². The van der Waals surface area contributed by atoms with Crippen molar-refractivity contribution in [3.63, 3.8) is 0 Å². The second-order valence-corrected chi connectivity index (χ2v) is 7.48. The summed E-state index contributed by atoms with van der Waals surface area (Å²) in [6.45, 7) is 3.08. The molecule has 5 heteroatoms. The molecule has 1 fully saturated rings. The van der Waals surface area contributed by atoms with Crippen LogP contribution in [0.5, 0.6) is 0 Å². The predicted octanol–water partition coefficient (Wildman–Crippen LogP) is 3.50. The number of hydrogen-bond acceptors (Lipinski definition) is 5. The van der Waals surface area contributed by atoms with E-state index in [-0.39, 0.29) is 5.60 Å². The molecule has 2 aliphatic rings. The fourth-order valence-electron chi connectivity index (χ4n) is 3.61. The van der Waals surface area contributed by atoms with Crippen molar-refractivity contribution in [3.8, 4) is 0 Å². The molecule has 4 rings (SSSR count). The van der Waals surface area contributed by atoms with Crippen LogP contribution >= 0.6 is 11.5 Å². The van der Waals surface area contributed by atoms with Crippen molar-refractivity contribution in [2.24, 2.45) is 5.16 Å². The van der Waals surface area contributed by atoms with Gasteiger partial charge in [0.1, 0.15) is 0 Å². The summed E-state index contributed by atoms with van der Waals surface area (Å²) in [4.78, 5) is 9.76. The molecule has 0 saturated carbocycles. The third-order valence-corrected chi connectivity index (χ3v) is 5.36. The van der Waals surface area contributed by atoms with E-state index in [4.69, 9.17) is 4.84 Å². The van der Waals surface area contributed by atoms with Gasteiger partial charge in [-0.25, -0.2) is 4.37 Å². The topological polar surface area (TPSA) is 37.7 Å². The maximum atomic E-state index is 5.95. The monoisotopic (exact) mass is 327 g/mol. The minimum atomic E-state index is -0.104. The lowest BCUT2D eigenvalue weighted by atomic mass is 9.87. The third kappa shape index (κ3) is 3.46. The average molecular weight is 327 g/mol. The summed E-state index contributed by atoms with van der Waals surface area (Å²) in [5.41, 5.74) is 2.38. The van der Waals surface area contributed by atoms with Gasteiger partial charge in [0.25, 0.3) is 0 Å². The van der Waals surface area contributed by atoms with Crippen LogP contribution in [-0.4, -0.2) is 33.7 Å². The highest BCUT2D eigenvalue weighted by Crippen LogP contribution is 2.34. The fourth-order valence-corrected chi connectivity index (χ4v) is 4.23.